The first kappa shape index (κ1) is 14.1. The molecule has 116 valence electrons. The molecular weight excluding hydrogens is 284 g/mol. The van der Waals surface area contributed by atoms with Crippen LogP contribution in [0.1, 0.15) is 48.6 Å². The molecule has 4 nitrogen and oxygen atoms in total. The Morgan fingerprint density at radius 2 is 1.78 bits per heavy atom. The van der Waals surface area contributed by atoms with Crippen molar-refractivity contribution >= 4 is 16.5 Å². The summed E-state index contributed by atoms with van der Waals surface area (Å²) in [6, 6.07) is 10.1. The number of nitrogens with zero attached hydrogens (tertiary/aromatic N) is 3. The minimum absolute atomic E-state index is 0.529. The molecule has 1 aliphatic carbocycles. The second-order valence-electron chi connectivity index (χ2n) is 6.32. The van der Waals surface area contributed by atoms with E-state index in [1.54, 1.807) is 12.4 Å². The van der Waals surface area contributed by atoms with Crippen LogP contribution in [0.25, 0.3) is 10.8 Å². The number of nitrogens with two attached hydrogens (primary N) is 1. The summed E-state index contributed by atoms with van der Waals surface area (Å²) in [6.45, 7) is 0. The van der Waals surface area contributed by atoms with E-state index in [2.05, 4.69) is 21.2 Å². The van der Waals surface area contributed by atoms with Crippen LogP contribution in [0.3, 0.4) is 0 Å². The molecule has 2 N–H and O–H groups in total. The first-order chi connectivity index (χ1) is 11.3. The van der Waals surface area contributed by atoms with Crippen LogP contribution in [-0.4, -0.2) is 15.2 Å². The number of pyridine rings is 1. The van der Waals surface area contributed by atoms with Crippen molar-refractivity contribution in [2.75, 3.05) is 5.73 Å². The lowest BCUT2D eigenvalue weighted by Crippen LogP contribution is -2.06. The van der Waals surface area contributed by atoms with Gasteiger partial charge in [0, 0.05) is 41.2 Å². The fourth-order valence-electron chi connectivity index (χ4n) is 3.64. The van der Waals surface area contributed by atoms with Crippen LogP contribution in [0.15, 0.2) is 42.7 Å². The Morgan fingerprint density at radius 3 is 2.57 bits per heavy atom. The maximum atomic E-state index is 6.30. The fraction of sp³-hybridized carbons (Fsp3) is 0.316. The summed E-state index contributed by atoms with van der Waals surface area (Å²) in [5, 5.41) is 11.4. The zero-order valence-corrected chi connectivity index (χ0v) is 13.1. The van der Waals surface area contributed by atoms with Crippen molar-refractivity contribution in [1.29, 1.82) is 0 Å². The van der Waals surface area contributed by atoms with Gasteiger partial charge < -0.3 is 5.73 Å². The summed E-state index contributed by atoms with van der Waals surface area (Å²) >= 11 is 0. The summed E-state index contributed by atoms with van der Waals surface area (Å²) in [4.78, 5) is 4.07. The van der Waals surface area contributed by atoms with E-state index in [1.165, 1.54) is 36.6 Å². The lowest BCUT2D eigenvalue weighted by Gasteiger charge is -2.15. The highest BCUT2D eigenvalue weighted by Gasteiger charge is 2.22. The van der Waals surface area contributed by atoms with Crippen molar-refractivity contribution in [1.82, 2.24) is 15.2 Å². The molecule has 0 unspecified atom stereocenters. The highest BCUT2D eigenvalue weighted by Crippen LogP contribution is 2.38. The van der Waals surface area contributed by atoms with Crippen molar-refractivity contribution in [3.8, 4) is 0 Å². The maximum Gasteiger partial charge on any atom is 0.0773 e. The topological polar surface area (TPSA) is 64.7 Å². The number of aromatic nitrogens is 3. The zero-order chi connectivity index (χ0) is 15.6. The lowest BCUT2D eigenvalue weighted by molar-refractivity contribution is 0.685. The minimum atomic E-state index is 0.529. The van der Waals surface area contributed by atoms with E-state index < -0.39 is 0 Å². The molecule has 0 spiro atoms. The summed E-state index contributed by atoms with van der Waals surface area (Å²) in [5.41, 5.74) is 10.3. The van der Waals surface area contributed by atoms with Gasteiger partial charge >= 0.3 is 0 Å². The van der Waals surface area contributed by atoms with Crippen molar-refractivity contribution in [2.24, 2.45) is 0 Å². The fourth-order valence-corrected chi connectivity index (χ4v) is 3.64. The predicted molar refractivity (Wildman–Crippen MR) is 92.2 cm³/mol. The standard InChI is InChI=1S/C19H20N4/c20-16-7-3-6-15-18(16)17(12-13-8-10-21-11-9-13)22-23-19(15)14-4-1-2-5-14/h3,6-11,14H,1-2,4-5,12,20H2. The molecule has 2 heterocycles. The number of nitrogen functional groups attached to an aromatic ring is 1. The molecule has 0 aliphatic heterocycles. The molecule has 3 aromatic rings. The van der Waals surface area contributed by atoms with Crippen LogP contribution in [0.4, 0.5) is 5.69 Å². The molecule has 4 rings (SSSR count). The Morgan fingerprint density at radius 1 is 1.00 bits per heavy atom. The summed E-state index contributed by atoms with van der Waals surface area (Å²) in [7, 11) is 0. The van der Waals surface area contributed by atoms with Crippen molar-refractivity contribution in [3.63, 3.8) is 0 Å². The van der Waals surface area contributed by atoms with E-state index in [-0.39, 0.29) is 0 Å². The number of hydrogen-bond donors (Lipinski definition) is 1. The van der Waals surface area contributed by atoms with E-state index >= 15 is 0 Å². The highest BCUT2D eigenvalue weighted by molar-refractivity contribution is 5.96. The smallest absolute Gasteiger partial charge is 0.0773 e. The van der Waals surface area contributed by atoms with E-state index in [9.17, 15) is 0 Å². The third-order valence-electron chi connectivity index (χ3n) is 4.80. The van der Waals surface area contributed by atoms with Crippen LogP contribution in [0.2, 0.25) is 0 Å². The zero-order valence-electron chi connectivity index (χ0n) is 13.1. The van der Waals surface area contributed by atoms with Crippen LogP contribution < -0.4 is 5.73 Å². The quantitative estimate of drug-likeness (QED) is 0.746. The molecule has 4 heteroatoms. The molecule has 0 bridgehead atoms. The largest absolute Gasteiger partial charge is 0.398 e. The first-order valence-corrected chi connectivity index (χ1v) is 8.25. The summed E-state index contributed by atoms with van der Waals surface area (Å²) in [6.07, 6.45) is 9.34. The average molecular weight is 304 g/mol. The van der Waals surface area contributed by atoms with Gasteiger partial charge in [-0.05, 0) is 36.6 Å². The maximum absolute atomic E-state index is 6.30. The molecule has 1 aliphatic rings. The molecule has 0 radical (unpaired) electrons. The number of rotatable bonds is 3. The van der Waals surface area contributed by atoms with Gasteiger partial charge in [0.2, 0.25) is 0 Å². The molecule has 0 atom stereocenters. The Labute approximate surface area is 135 Å². The summed E-state index contributed by atoms with van der Waals surface area (Å²) in [5.74, 6) is 0.529. The molecule has 1 saturated carbocycles. The highest BCUT2D eigenvalue weighted by atomic mass is 15.1. The minimum Gasteiger partial charge on any atom is -0.398 e. The van der Waals surface area contributed by atoms with Gasteiger partial charge in [-0.15, -0.1) is 0 Å². The van der Waals surface area contributed by atoms with Gasteiger partial charge in [-0.1, -0.05) is 25.0 Å². The molecule has 1 aromatic carbocycles. The molecule has 1 fully saturated rings. The summed E-state index contributed by atoms with van der Waals surface area (Å²) < 4.78 is 0. The third kappa shape index (κ3) is 2.65. The van der Waals surface area contributed by atoms with Gasteiger partial charge in [0.1, 0.15) is 0 Å². The Kier molecular flexibility index (Phi) is 3.66. The first-order valence-electron chi connectivity index (χ1n) is 8.25. The molecule has 0 amide bonds. The monoisotopic (exact) mass is 304 g/mol. The van der Waals surface area contributed by atoms with Crippen molar-refractivity contribution in [3.05, 3.63) is 59.7 Å². The van der Waals surface area contributed by atoms with Gasteiger partial charge in [-0.25, -0.2) is 0 Å². The Bertz CT molecular complexity index is 823. The van der Waals surface area contributed by atoms with Crippen LogP contribution in [-0.2, 0) is 6.42 Å². The van der Waals surface area contributed by atoms with Crippen molar-refractivity contribution in [2.45, 2.75) is 38.0 Å². The van der Waals surface area contributed by atoms with E-state index in [4.69, 9.17) is 5.73 Å². The molecule has 0 saturated heterocycles. The van der Waals surface area contributed by atoms with Crippen LogP contribution in [0, 0.1) is 0 Å². The van der Waals surface area contributed by atoms with Crippen LogP contribution in [0.5, 0.6) is 0 Å². The van der Waals surface area contributed by atoms with Gasteiger partial charge in [-0.3, -0.25) is 4.98 Å². The number of hydrogen-bond acceptors (Lipinski definition) is 4. The van der Waals surface area contributed by atoms with Gasteiger partial charge in [0.05, 0.1) is 11.4 Å². The number of fused-ring (bicyclic) bond motifs is 1. The Hall–Kier alpha value is -2.49. The van der Waals surface area contributed by atoms with Crippen LogP contribution >= 0.6 is 0 Å². The van der Waals surface area contributed by atoms with E-state index in [0.29, 0.717) is 5.92 Å². The molecule has 2 aromatic heterocycles. The van der Waals surface area contributed by atoms with E-state index in [0.717, 1.165) is 28.9 Å². The van der Waals surface area contributed by atoms with Gasteiger partial charge in [0.15, 0.2) is 0 Å². The third-order valence-corrected chi connectivity index (χ3v) is 4.80. The Balaban J connectivity index is 1.84. The van der Waals surface area contributed by atoms with E-state index in [1.807, 2.05) is 24.3 Å². The number of anilines is 1. The normalized spacial score (nSPS) is 15.3. The second-order valence-corrected chi connectivity index (χ2v) is 6.32. The second kappa shape index (κ2) is 5.95. The molecule has 23 heavy (non-hydrogen) atoms. The average Bonchev–Trinajstić information content (AvgIpc) is 3.10. The number of benzene rings is 1. The lowest BCUT2D eigenvalue weighted by atomic mass is 9.95. The van der Waals surface area contributed by atoms with Gasteiger partial charge in [-0.2, -0.15) is 10.2 Å². The predicted octanol–water partition coefficient (Wildman–Crippen LogP) is 3.86. The molecular formula is C19H20N4. The van der Waals surface area contributed by atoms with Crippen molar-refractivity contribution < 1.29 is 0 Å². The van der Waals surface area contributed by atoms with Gasteiger partial charge in [0.25, 0.3) is 0 Å². The SMILES string of the molecule is Nc1cccc2c(C3CCCC3)nnc(Cc3ccncc3)c12.